The van der Waals surface area contributed by atoms with Crippen LogP contribution in [0.25, 0.3) is 0 Å². The first-order valence-corrected chi connectivity index (χ1v) is 8.49. The minimum absolute atomic E-state index is 0.0503. The number of sulfonamides is 1. The van der Waals surface area contributed by atoms with Crippen molar-refractivity contribution < 1.29 is 18.3 Å². The third-order valence-corrected chi connectivity index (χ3v) is 4.80. The van der Waals surface area contributed by atoms with Gasteiger partial charge in [-0.1, -0.05) is 32.0 Å². The van der Waals surface area contributed by atoms with Gasteiger partial charge in [0.15, 0.2) is 0 Å². The molecule has 118 valence electrons. The summed E-state index contributed by atoms with van der Waals surface area (Å²) < 4.78 is 32.1. The third kappa shape index (κ3) is 4.24. The lowest BCUT2D eigenvalue weighted by molar-refractivity contribution is 0.0441. The Morgan fingerprint density at radius 1 is 1.33 bits per heavy atom. The van der Waals surface area contributed by atoms with E-state index in [0.717, 1.165) is 0 Å². The number of hydrogen-bond acceptors (Lipinski definition) is 5. The normalized spacial score (nSPS) is 26.4. The van der Waals surface area contributed by atoms with Crippen molar-refractivity contribution >= 4 is 10.0 Å². The zero-order chi connectivity index (χ0) is 15.5. The minimum atomic E-state index is -3.57. The zero-order valence-corrected chi connectivity index (χ0v) is 13.0. The van der Waals surface area contributed by atoms with E-state index < -0.39 is 22.2 Å². The molecule has 1 saturated heterocycles. The van der Waals surface area contributed by atoms with Crippen molar-refractivity contribution in [1.29, 1.82) is 0 Å². The summed E-state index contributed by atoms with van der Waals surface area (Å²) in [5.74, 6) is 0. The highest BCUT2D eigenvalue weighted by atomic mass is 32.2. The van der Waals surface area contributed by atoms with Crippen LogP contribution in [-0.2, 0) is 14.8 Å². The number of hydrogen-bond donors (Lipinski definition) is 3. The van der Waals surface area contributed by atoms with Gasteiger partial charge in [0.2, 0.25) is 10.0 Å². The van der Waals surface area contributed by atoms with E-state index in [1.165, 1.54) is 12.1 Å². The molecule has 0 bridgehead atoms. The van der Waals surface area contributed by atoms with Crippen LogP contribution in [-0.4, -0.2) is 51.0 Å². The van der Waals surface area contributed by atoms with E-state index in [1.54, 1.807) is 18.2 Å². The van der Waals surface area contributed by atoms with Crippen LogP contribution in [0.2, 0.25) is 0 Å². The molecule has 21 heavy (non-hydrogen) atoms. The molecule has 7 heteroatoms. The Balaban J connectivity index is 1.92. The van der Waals surface area contributed by atoms with E-state index in [0.29, 0.717) is 6.61 Å². The first-order chi connectivity index (χ1) is 9.90. The highest BCUT2D eigenvalue weighted by Gasteiger charge is 2.36. The molecule has 0 aliphatic carbocycles. The second-order valence-electron chi connectivity index (χ2n) is 5.46. The maximum Gasteiger partial charge on any atom is 0.240 e. The predicted octanol–water partition coefficient (Wildman–Crippen LogP) is 0.0912. The van der Waals surface area contributed by atoms with E-state index in [2.05, 4.69) is 10.0 Å². The van der Waals surface area contributed by atoms with Crippen molar-refractivity contribution in [3.63, 3.8) is 0 Å². The SMILES string of the molecule is CC(C)N[C@@H]1CO[C@H](CNS(=O)(=O)c2ccccc2)[C@H]1O. The van der Waals surface area contributed by atoms with Crippen LogP contribution >= 0.6 is 0 Å². The number of ether oxygens (including phenoxy) is 1. The number of nitrogens with one attached hydrogen (secondary N) is 2. The fraction of sp³-hybridized carbons (Fsp3) is 0.571. The van der Waals surface area contributed by atoms with Crippen molar-refractivity contribution in [2.75, 3.05) is 13.2 Å². The summed E-state index contributed by atoms with van der Waals surface area (Å²) in [5.41, 5.74) is 0. The molecule has 3 atom stereocenters. The Labute approximate surface area is 125 Å². The standard InChI is InChI=1S/C14H22N2O4S/c1-10(2)16-12-9-20-13(14(12)17)8-15-21(18,19)11-6-4-3-5-7-11/h3-7,10,12-17H,8-9H2,1-2H3/t12-,13-,14+/m1/s1. The van der Waals surface area contributed by atoms with Gasteiger partial charge in [0.1, 0.15) is 0 Å². The minimum Gasteiger partial charge on any atom is -0.389 e. The Morgan fingerprint density at radius 2 is 2.00 bits per heavy atom. The van der Waals surface area contributed by atoms with E-state index in [9.17, 15) is 13.5 Å². The van der Waals surface area contributed by atoms with E-state index in [-0.39, 0.29) is 23.5 Å². The average molecular weight is 314 g/mol. The van der Waals surface area contributed by atoms with Gasteiger partial charge >= 0.3 is 0 Å². The van der Waals surface area contributed by atoms with Gasteiger partial charge in [0.05, 0.1) is 29.8 Å². The highest BCUT2D eigenvalue weighted by molar-refractivity contribution is 7.89. The van der Waals surface area contributed by atoms with Crippen molar-refractivity contribution in [1.82, 2.24) is 10.0 Å². The maximum atomic E-state index is 12.1. The predicted molar refractivity (Wildman–Crippen MR) is 79.4 cm³/mol. The molecule has 0 unspecified atom stereocenters. The molecule has 1 aliphatic rings. The molecular formula is C14H22N2O4S. The number of rotatable bonds is 6. The maximum absolute atomic E-state index is 12.1. The molecule has 2 rings (SSSR count). The molecule has 0 saturated carbocycles. The molecule has 1 aromatic rings. The molecule has 0 amide bonds. The summed E-state index contributed by atoms with van der Waals surface area (Å²) in [6.07, 6.45) is -1.27. The van der Waals surface area contributed by atoms with Crippen molar-refractivity contribution in [2.24, 2.45) is 0 Å². The monoisotopic (exact) mass is 314 g/mol. The largest absolute Gasteiger partial charge is 0.389 e. The van der Waals surface area contributed by atoms with Gasteiger partial charge < -0.3 is 15.2 Å². The van der Waals surface area contributed by atoms with Crippen molar-refractivity contribution in [2.45, 2.75) is 43.0 Å². The fourth-order valence-corrected chi connectivity index (χ4v) is 3.38. The molecule has 1 aliphatic heterocycles. The molecular weight excluding hydrogens is 292 g/mol. The van der Waals surface area contributed by atoms with Crippen LogP contribution in [0.15, 0.2) is 35.2 Å². The summed E-state index contributed by atoms with van der Waals surface area (Å²) in [4.78, 5) is 0.203. The summed E-state index contributed by atoms with van der Waals surface area (Å²) >= 11 is 0. The Hall–Kier alpha value is -0.990. The molecule has 0 radical (unpaired) electrons. The summed E-state index contributed by atoms with van der Waals surface area (Å²) in [6, 6.07) is 8.19. The van der Waals surface area contributed by atoms with Gasteiger partial charge in [0, 0.05) is 12.6 Å². The lowest BCUT2D eigenvalue weighted by Crippen LogP contribution is -2.46. The topological polar surface area (TPSA) is 87.7 Å². The van der Waals surface area contributed by atoms with Crippen LogP contribution in [0, 0.1) is 0 Å². The quantitative estimate of drug-likeness (QED) is 0.693. The Bertz CT molecular complexity index is 547. The lowest BCUT2D eigenvalue weighted by Gasteiger charge is -2.20. The zero-order valence-electron chi connectivity index (χ0n) is 12.2. The van der Waals surface area contributed by atoms with Crippen LogP contribution in [0.5, 0.6) is 0 Å². The molecule has 3 N–H and O–H groups in total. The molecule has 6 nitrogen and oxygen atoms in total. The molecule has 1 heterocycles. The first-order valence-electron chi connectivity index (χ1n) is 7.00. The van der Waals surface area contributed by atoms with Crippen LogP contribution in [0.1, 0.15) is 13.8 Å². The van der Waals surface area contributed by atoms with Gasteiger partial charge in [-0.2, -0.15) is 0 Å². The fourth-order valence-electron chi connectivity index (χ4n) is 2.31. The molecule has 0 aromatic heterocycles. The molecule has 1 fully saturated rings. The lowest BCUT2D eigenvalue weighted by atomic mass is 10.1. The van der Waals surface area contributed by atoms with Crippen molar-refractivity contribution in [3.8, 4) is 0 Å². The summed E-state index contributed by atoms with van der Waals surface area (Å²) in [7, 11) is -3.57. The van der Waals surface area contributed by atoms with E-state index in [4.69, 9.17) is 4.74 Å². The number of benzene rings is 1. The van der Waals surface area contributed by atoms with Gasteiger partial charge in [-0.3, -0.25) is 0 Å². The van der Waals surface area contributed by atoms with E-state index >= 15 is 0 Å². The first kappa shape index (κ1) is 16.4. The Morgan fingerprint density at radius 3 is 2.62 bits per heavy atom. The van der Waals surface area contributed by atoms with E-state index in [1.807, 2.05) is 13.8 Å². The second kappa shape index (κ2) is 6.85. The smallest absolute Gasteiger partial charge is 0.240 e. The van der Waals surface area contributed by atoms with Crippen LogP contribution < -0.4 is 10.0 Å². The number of aliphatic hydroxyl groups excluding tert-OH is 1. The third-order valence-electron chi connectivity index (χ3n) is 3.36. The summed E-state index contributed by atoms with van der Waals surface area (Å²) in [5, 5.41) is 13.3. The van der Waals surface area contributed by atoms with Gasteiger partial charge in [0.25, 0.3) is 0 Å². The summed E-state index contributed by atoms with van der Waals surface area (Å²) in [6.45, 7) is 4.39. The number of aliphatic hydroxyl groups is 1. The van der Waals surface area contributed by atoms with Gasteiger partial charge in [-0.25, -0.2) is 13.1 Å². The second-order valence-corrected chi connectivity index (χ2v) is 7.22. The van der Waals surface area contributed by atoms with Gasteiger partial charge in [-0.15, -0.1) is 0 Å². The molecule has 1 aromatic carbocycles. The van der Waals surface area contributed by atoms with Gasteiger partial charge in [-0.05, 0) is 12.1 Å². The molecule has 0 spiro atoms. The van der Waals surface area contributed by atoms with Crippen molar-refractivity contribution in [3.05, 3.63) is 30.3 Å². The van der Waals surface area contributed by atoms with Crippen LogP contribution in [0.4, 0.5) is 0 Å². The highest BCUT2D eigenvalue weighted by Crippen LogP contribution is 2.15. The average Bonchev–Trinajstić information content (AvgIpc) is 2.78. The Kier molecular flexibility index (Phi) is 5.34. The van der Waals surface area contributed by atoms with Crippen LogP contribution in [0.3, 0.4) is 0 Å².